The van der Waals surface area contributed by atoms with Crippen molar-refractivity contribution in [3.05, 3.63) is 11.6 Å². The minimum atomic E-state index is -0.673. The van der Waals surface area contributed by atoms with Gasteiger partial charge in [-0.25, -0.2) is 0 Å². The van der Waals surface area contributed by atoms with E-state index < -0.39 is 5.60 Å². The molecule has 4 aliphatic carbocycles. The highest BCUT2D eigenvalue weighted by Gasteiger charge is 2.71. The van der Waals surface area contributed by atoms with E-state index in [0.29, 0.717) is 17.8 Å². The van der Waals surface area contributed by atoms with Gasteiger partial charge < -0.3 is 14.6 Å². The molecule has 0 aromatic heterocycles. The van der Waals surface area contributed by atoms with Gasteiger partial charge in [0.25, 0.3) is 0 Å². The van der Waals surface area contributed by atoms with Crippen LogP contribution in [0.1, 0.15) is 113 Å². The molecule has 4 saturated carbocycles. The van der Waals surface area contributed by atoms with Crippen LogP contribution in [0, 0.1) is 45.3 Å². The Morgan fingerprint density at radius 2 is 1.51 bits per heavy atom. The number of fused-ring (bicyclic) bond motifs is 5. The lowest BCUT2D eigenvalue weighted by Gasteiger charge is -2.70. The topological polar surface area (TPSA) is 72.8 Å². The second-order valence-electron chi connectivity index (χ2n) is 15.8. The van der Waals surface area contributed by atoms with E-state index in [4.69, 9.17) is 9.47 Å². The van der Waals surface area contributed by atoms with Gasteiger partial charge in [-0.3, -0.25) is 9.59 Å². The van der Waals surface area contributed by atoms with E-state index in [1.54, 1.807) is 0 Å². The second kappa shape index (κ2) is 11.8. The minimum absolute atomic E-state index is 0.0561. The molecule has 0 heterocycles. The maximum atomic E-state index is 12.8. The maximum Gasteiger partial charge on any atom is 0.316 e. The van der Waals surface area contributed by atoms with E-state index in [0.717, 1.165) is 57.8 Å². The Kier molecular flexibility index (Phi) is 9.67. The van der Waals surface area contributed by atoms with Crippen molar-refractivity contribution >= 4 is 43.8 Å². The van der Waals surface area contributed by atoms with Gasteiger partial charge in [-0.2, -0.15) is 0 Å². The quantitative estimate of drug-likeness (QED) is 0.156. The SMILES string of the molecule is C/C(=C\CCC(C)(C)O)[C@H]1CC[C@]2(C)[C@@H]1[C@H](OC(=O)CBr)C[C@@H]1[C@@]3(C)CC[C@H](OC(=O)CBr)C(C)(C)[C@@H]3CC[C@]12C. The van der Waals surface area contributed by atoms with Crippen LogP contribution in [0.4, 0.5) is 0 Å². The van der Waals surface area contributed by atoms with Crippen LogP contribution in [-0.2, 0) is 19.1 Å². The Morgan fingerprint density at radius 1 is 0.902 bits per heavy atom. The van der Waals surface area contributed by atoms with E-state index in [9.17, 15) is 14.7 Å². The predicted octanol–water partition coefficient (Wildman–Crippen LogP) is 8.39. The highest BCUT2D eigenvalue weighted by Crippen LogP contribution is 2.76. The largest absolute Gasteiger partial charge is 0.461 e. The van der Waals surface area contributed by atoms with Crippen LogP contribution < -0.4 is 0 Å². The third-order valence-corrected chi connectivity index (χ3v) is 13.8. The fourth-order valence-electron chi connectivity index (χ4n) is 10.7. The normalized spacial score (nSPS) is 42.1. The van der Waals surface area contributed by atoms with Crippen LogP contribution >= 0.6 is 31.9 Å². The Balaban J connectivity index is 1.70. The van der Waals surface area contributed by atoms with Gasteiger partial charge in [0, 0.05) is 11.3 Å². The summed E-state index contributed by atoms with van der Waals surface area (Å²) >= 11 is 6.64. The molecule has 4 rings (SSSR count). The molecule has 7 heteroatoms. The second-order valence-corrected chi connectivity index (χ2v) is 16.9. The standard InChI is InChI=1S/C34H54Br2O5/c1-21(10-9-14-30(2,3)39)22-11-16-34(8)29(22)23(40-27(37)19-35)18-25-32(6)15-13-26(41-28(38)20-36)31(4,5)24(32)12-17-33(25,34)7/h10,22-26,29,39H,9,11-20H2,1-8H3/b21-10+/t22-,23-,24+,25-,26+,29+,32+,33-,34-/m1/s1. The molecular weight excluding hydrogens is 648 g/mol. The minimum Gasteiger partial charge on any atom is -0.461 e. The summed E-state index contributed by atoms with van der Waals surface area (Å²) in [4.78, 5) is 25.1. The first kappa shape index (κ1) is 33.5. The van der Waals surface area contributed by atoms with Crippen LogP contribution in [0.25, 0.3) is 0 Å². The van der Waals surface area contributed by atoms with Crippen molar-refractivity contribution in [2.45, 2.75) is 131 Å². The van der Waals surface area contributed by atoms with Crippen molar-refractivity contribution in [1.29, 1.82) is 0 Å². The maximum absolute atomic E-state index is 12.8. The number of alkyl halides is 2. The zero-order chi connectivity index (χ0) is 30.6. The summed E-state index contributed by atoms with van der Waals surface area (Å²) in [6, 6.07) is 0. The van der Waals surface area contributed by atoms with Gasteiger partial charge in [0.15, 0.2) is 0 Å². The molecule has 41 heavy (non-hydrogen) atoms. The molecule has 0 amide bonds. The van der Waals surface area contributed by atoms with E-state index in [-0.39, 0.29) is 62.4 Å². The highest BCUT2D eigenvalue weighted by atomic mass is 79.9. The Hall–Kier alpha value is -0.400. The Labute approximate surface area is 265 Å². The summed E-state index contributed by atoms with van der Waals surface area (Å²) < 4.78 is 12.4. The summed E-state index contributed by atoms with van der Waals surface area (Å²) in [6.07, 6.45) is 11.1. The number of allylic oxidation sites excluding steroid dienone is 2. The van der Waals surface area contributed by atoms with Gasteiger partial charge in [0.05, 0.1) is 5.60 Å². The Bertz CT molecular complexity index is 1030. The molecule has 0 unspecified atom stereocenters. The molecule has 0 bridgehead atoms. The number of hydrogen-bond acceptors (Lipinski definition) is 5. The smallest absolute Gasteiger partial charge is 0.316 e. The van der Waals surface area contributed by atoms with Gasteiger partial charge in [-0.05, 0) is 113 Å². The number of carbonyl (C=O) groups is 2. The molecule has 1 N–H and O–H groups in total. The van der Waals surface area contributed by atoms with E-state index >= 15 is 0 Å². The molecule has 0 aromatic carbocycles. The molecule has 5 nitrogen and oxygen atoms in total. The first-order valence-electron chi connectivity index (χ1n) is 15.8. The lowest BCUT2D eigenvalue weighted by Crippen LogP contribution is -2.66. The number of rotatable bonds is 8. The molecule has 4 fully saturated rings. The molecule has 0 aromatic rings. The number of hydrogen-bond donors (Lipinski definition) is 1. The van der Waals surface area contributed by atoms with Crippen LogP contribution in [0.3, 0.4) is 0 Å². The average molecular weight is 703 g/mol. The van der Waals surface area contributed by atoms with Crippen molar-refractivity contribution in [1.82, 2.24) is 0 Å². The lowest BCUT2D eigenvalue weighted by atomic mass is 9.35. The number of aliphatic hydroxyl groups is 1. The van der Waals surface area contributed by atoms with Crippen LogP contribution in [-0.4, -0.2) is 45.5 Å². The Morgan fingerprint density at radius 3 is 2.12 bits per heavy atom. The number of halogens is 2. The summed E-state index contributed by atoms with van der Waals surface area (Å²) in [7, 11) is 0. The molecule has 0 radical (unpaired) electrons. The lowest BCUT2D eigenvalue weighted by molar-refractivity contribution is -0.246. The van der Waals surface area contributed by atoms with E-state index in [1.165, 1.54) is 5.57 Å². The third kappa shape index (κ3) is 5.88. The monoisotopic (exact) mass is 700 g/mol. The summed E-state index contributed by atoms with van der Waals surface area (Å²) in [5, 5.41) is 10.7. The molecule has 234 valence electrons. The molecule has 4 aliphatic rings. The van der Waals surface area contributed by atoms with E-state index in [2.05, 4.69) is 79.5 Å². The van der Waals surface area contributed by atoms with Gasteiger partial charge in [0.1, 0.15) is 22.9 Å². The van der Waals surface area contributed by atoms with Crippen LogP contribution in [0.15, 0.2) is 11.6 Å². The van der Waals surface area contributed by atoms with Gasteiger partial charge in [-0.1, -0.05) is 78.1 Å². The van der Waals surface area contributed by atoms with Crippen LogP contribution in [0.2, 0.25) is 0 Å². The molecular formula is C34H54Br2O5. The first-order valence-corrected chi connectivity index (χ1v) is 18.1. The van der Waals surface area contributed by atoms with Crippen molar-refractivity contribution in [2.75, 3.05) is 10.7 Å². The van der Waals surface area contributed by atoms with E-state index in [1.807, 2.05) is 13.8 Å². The van der Waals surface area contributed by atoms with Gasteiger partial charge in [0.2, 0.25) is 0 Å². The van der Waals surface area contributed by atoms with Crippen LogP contribution in [0.5, 0.6) is 0 Å². The zero-order valence-electron chi connectivity index (χ0n) is 26.7. The predicted molar refractivity (Wildman–Crippen MR) is 171 cm³/mol. The molecule has 9 atom stereocenters. The number of ether oxygens (including phenoxy) is 2. The number of carbonyl (C=O) groups excluding carboxylic acids is 2. The van der Waals surface area contributed by atoms with Crippen molar-refractivity contribution in [3.63, 3.8) is 0 Å². The van der Waals surface area contributed by atoms with Crippen molar-refractivity contribution in [3.8, 4) is 0 Å². The molecule has 0 aliphatic heterocycles. The van der Waals surface area contributed by atoms with Crippen molar-refractivity contribution < 1.29 is 24.2 Å². The average Bonchev–Trinajstić information content (AvgIpc) is 3.25. The fraction of sp³-hybridized carbons (Fsp3) is 0.882. The third-order valence-electron chi connectivity index (χ3n) is 12.9. The molecule has 0 saturated heterocycles. The van der Waals surface area contributed by atoms with Crippen molar-refractivity contribution in [2.24, 2.45) is 45.3 Å². The van der Waals surface area contributed by atoms with Gasteiger partial charge in [-0.15, -0.1) is 0 Å². The van der Waals surface area contributed by atoms with Gasteiger partial charge >= 0.3 is 11.9 Å². The number of esters is 2. The summed E-state index contributed by atoms with van der Waals surface area (Å²) in [6.45, 7) is 18.2. The highest BCUT2D eigenvalue weighted by molar-refractivity contribution is 9.09. The fourth-order valence-corrected chi connectivity index (χ4v) is 11.0. The zero-order valence-corrected chi connectivity index (χ0v) is 29.8. The molecule has 0 spiro atoms. The summed E-state index contributed by atoms with van der Waals surface area (Å²) in [5.41, 5.74) is 0.868. The summed E-state index contributed by atoms with van der Waals surface area (Å²) in [5.74, 6) is 1.18. The first-order chi connectivity index (χ1) is 18.9.